The summed E-state index contributed by atoms with van der Waals surface area (Å²) in [7, 11) is 0. The maximum atomic E-state index is 3.62. The molecule has 0 amide bonds. The van der Waals surface area contributed by atoms with E-state index in [2.05, 4.69) is 57.8 Å². The Balaban J connectivity index is 2.61. The smallest absolute Gasteiger partial charge is 0.0711 e. The van der Waals surface area contributed by atoms with E-state index in [1.165, 1.54) is 38.9 Å². The Morgan fingerprint density at radius 2 is 1.53 bits per heavy atom. The van der Waals surface area contributed by atoms with Crippen LogP contribution in [0.5, 0.6) is 0 Å². The molecule has 17 heavy (non-hydrogen) atoms. The Labute approximate surface area is 125 Å². The lowest BCUT2D eigenvalue weighted by atomic mass is 9.99. The number of hydrogen-bond donors (Lipinski definition) is 0. The number of benzene rings is 1. The normalized spacial score (nSPS) is 11.8. The second-order valence-corrected chi connectivity index (χ2v) is 8.91. The molecule has 1 aromatic carbocycles. The lowest BCUT2D eigenvalue weighted by Crippen LogP contribution is -1.87. The Bertz CT molecular complexity index is 722. The molecular formula is C13H10Br2S2. The van der Waals surface area contributed by atoms with Crippen LogP contribution in [0.2, 0.25) is 0 Å². The number of halogens is 2. The van der Waals surface area contributed by atoms with Crippen molar-refractivity contribution in [1.29, 1.82) is 0 Å². The molecular weight excluding hydrogens is 380 g/mol. The summed E-state index contributed by atoms with van der Waals surface area (Å²) in [5, 5.41) is 2.82. The van der Waals surface area contributed by atoms with Crippen molar-refractivity contribution in [2.75, 3.05) is 0 Å². The topological polar surface area (TPSA) is 0 Å². The molecule has 0 radical (unpaired) electrons. The number of fused-ring (bicyclic) bond motifs is 3. The minimum Gasteiger partial charge on any atom is -0.127 e. The molecule has 0 aliphatic rings. The molecule has 0 aliphatic heterocycles. The quantitative estimate of drug-likeness (QED) is 0.444. The van der Waals surface area contributed by atoms with Gasteiger partial charge in [-0.15, -0.1) is 22.7 Å². The van der Waals surface area contributed by atoms with Gasteiger partial charge in [-0.25, -0.2) is 0 Å². The van der Waals surface area contributed by atoms with Gasteiger partial charge >= 0.3 is 0 Å². The highest BCUT2D eigenvalue weighted by molar-refractivity contribution is 9.11. The minimum atomic E-state index is 1.09. The third-order valence-corrected chi connectivity index (χ3v) is 6.59. The summed E-state index contributed by atoms with van der Waals surface area (Å²) in [5.74, 6) is 0. The van der Waals surface area contributed by atoms with Crippen molar-refractivity contribution in [3.63, 3.8) is 0 Å². The highest BCUT2D eigenvalue weighted by Crippen LogP contribution is 2.44. The first-order valence-electron chi connectivity index (χ1n) is 5.41. The Morgan fingerprint density at radius 3 is 2.12 bits per heavy atom. The van der Waals surface area contributed by atoms with Gasteiger partial charge in [0.2, 0.25) is 0 Å². The van der Waals surface area contributed by atoms with Gasteiger partial charge in [0.1, 0.15) is 0 Å². The zero-order chi connectivity index (χ0) is 12.2. The first kappa shape index (κ1) is 12.2. The zero-order valence-corrected chi connectivity index (χ0v) is 14.2. The van der Waals surface area contributed by atoms with Crippen molar-refractivity contribution in [2.24, 2.45) is 0 Å². The summed E-state index contributed by atoms with van der Waals surface area (Å²) in [5.41, 5.74) is 2.92. The third kappa shape index (κ3) is 1.81. The monoisotopic (exact) mass is 388 g/mol. The summed E-state index contributed by atoms with van der Waals surface area (Å²) in [6, 6.07) is 4.51. The Hall–Kier alpha value is 0.1000. The molecule has 0 saturated carbocycles. The SMILES string of the molecule is CCc1c(C)c2cc(Br)sc2c2sc(Br)cc12. The number of aryl methyl sites for hydroxylation is 2. The predicted octanol–water partition coefficient (Wildman–Crippen LogP) is 6.51. The highest BCUT2D eigenvalue weighted by atomic mass is 79.9. The fourth-order valence-electron chi connectivity index (χ4n) is 2.38. The molecule has 0 bridgehead atoms. The molecule has 88 valence electrons. The fourth-order valence-corrected chi connectivity index (χ4v) is 5.82. The Kier molecular flexibility index (Phi) is 3.10. The highest BCUT2D eigenvalue weighted by Gasteiger charge is 2.15. The van der Waals surface area contributed by atoms with E-state index in [1.807, 2.05) is 22.7 Å². The molecule has 0 nitrogen and oxygen atoms in total. The standard InChI is InChI=1S/C13H10Br2S2/c1-3-7-6(2)8-4-10(14)16-12(8)13-9(7)5-11(15)17-13/h4-5H,3H2,1-2H3. The lowest BCUT2D eigenvalue weighted by Gasteiger charge is -2.07. The van der Waals surface area contributed by atoms with Gasteiger partial charge < -0.3 is 0 Å². The molecule has 4 heteroatoms. The van der Waals surface area contributed by atoms with Crippen LogP contribution < -0.4 is 0 Å². The van der Waals surface area contributed by atoms with E-state index < -0.39 is 0 Å². The van der Waals surface area contributed by atoms with Crippen LogP contribution in [-0.2, 0) is 6.42 Å². The molecule has 2 aromatic heterocycles. The lowest BCUT2D eigenvalue weighted by molar-refractivity contribution is 1.14. The first-order chi connectivity index (χ1) is 8.11. The van der Waals surface area contributed by atoms with E-state index in [4.69, 9.17) is 0 Å². The van der Waals surface area contributed by atoms with Crippen LogP contribution >= 0.6 is 54.5 Å². The van der Waals surface area contributed by atoms with E-state index in [9.17, 15) is 0 Å². The van der Waals surface area contributed by atoms with Gasteiger partial charge in [-0.2, -0.15) is 0 Å². The number of thiophene rings is 2. The molecule has 0 fully saturated rings. The average molecular weight is 390 g/mol. The predicted molar refractivity (Wildman–Crippen MR) is 86.7 cm³/mol. The van der Waals surface area contributed by atoms with Gasteiger partial charge in [-0.05, 0) is 79.2 Å². The summed E-state index contributed by atoms with van der Waals surface area (Å²) < 4.78 is 5.27. The summed E-state index contributed by atoms with van der Waals surface area (Å²) in [4.78, 5) is 0. The second-order valence-electron chi connectivity index (χ2n) is 4.04. The zero-order valence-electron chi connectivity index (χ0n) is 9.43. The Morgan fingerprint density at radius 1 is 1.00 bits per heavy atom. The van der Waals surface area contributed by atoms with Gasteiger partial charge in [0.05, 0.1) is 17.0 Å². The molecule has 0 unspecified atom stereocenters. The summed E-state index contributed by atoms with van der Waals surface area (Å²) >= 11 is 10.9. The van der Waals surface area contributed by atoms with Gasteiger partial charge in [-0.1, -0.05) is 6.92 Å². The van der Waals surface area contributed by atoms with Crippen LogP contribution in [-0.4, -0.2) is 0 Å². The van der Waals surface area contributed by atoms with Gasteiger partial charge in [0.25, 0.3) is 0 Å². The largest absolute Gasteiger partial charge is 0.127 e. The van der Waals surface area contributed by atoms with Crippen molar-refractivity contribution in [3.05, 3.63) is 30.8 Å². The number of rotatable bonds is 1. The maximum absolute atomic E-state index is 3.62. The summed E-state index contributed by atoms with van der Waals surface area (Å²) in [6.07, 6.45) is 1.09. The summed E-state index contributed by atoms with van der Waals surface area (Å²) in [6.45, 7) is 4.48. The molecule has 0 N–H and O–H groups in total. The number of hydrogen-bond acceptors (Lipinski definition) is 2. The van der Waals surface area contributed by atoms with Crippen molar-refractivity contribution >= 4 is 74.7 Å². The fraction of sp³-hybridized carbons (Fsp3) is 0.231. The molecule has 3 aromatic rings. The minimum absolute atomic E-state index is 1.09. The van der Waals surface area contributed by atoms with Gasteiger partial charge in [0, 0.05) is 0 Å². The van der Waals surface area contributed by atoms with E-state index in [1.54, 1.807) is 0 Å². The first-order valence-corrected chi connectivity index (χ1v) is 8.63. The van der Waals surface area contributed by atoms with Crippen LogP contribution in [0.25, 0.3) is 20.2 Å². The average Bonchev–Trinajstić information content (AvgIpc) is 2.82. The van der Waals surface area contributed by atoms with E-state index in [0.29, 0.717) is 0 Å². The van der Waals surface area contributed by atoms with Gasteiger partial charge in [-0.3, -0.25) is 0 Å². The van der Waals surface area contributed by atoms with Crippen LogP contribution in [0.3, 0.4) is 0 Å². The van der Waals surface area contributed by atoms with Crippen molar-refractivity contribution < 1.29 is 0 Å². The maximum Gasteiger partial charge on any atom is 0.0711 e. The van der Waals surface area contributed by atoms with Crippen molar-refractivity contribution in [1.82, 2.24) is 0 Å². The van der Waals surface area contributed by atoms with E-state index >= 15 is 0 Å². The van der Waals surface area contributed by atoms with Crippen molar-refractivity contribution in [3.8, 4) is 0 Å². The van der Waals surface area contributed by atoms with Crippen LogP contribution in [0.1, 0.15) is 18.1 Å². The van der Waals surface area contributed by atoms with Crippen LogP contribution in [0.15, 0.2) is 19.7 Å². The molecule has 0 spiro atoms. The van der Waals surface area contributed by atoms with E-state index in [-0.39, 0.29) is 0 Å². The van der Waals surface area contributed by atoms with Crippen LogP contribution in [0, 0.1) is 6.92 Å². The van der Waals surface area contributed by atoms with Crippen LogP contribution in [0.4, 0.5) is 0 Å². The second kappa shape index (κ2) is 4.34. The van der Waals surface area contributed by atoms with E-state index in [0.717, 1.165) is 6.42 Å². The molecule has 0 saturated heterocycles. The molecule has 0 atom stereocenters. The third-order valence-electron chi connectivity index (χ3n) is 3.15. The molecule has 3 rings (SSSR count). The molecule has 2 heterocycles. The molecule has 0 aliphatic carbocycles. The van der Waals surface area contributed by atoms with Gasteiger partial charge in [0.15, 0.2) is 0 Å². The van der Waals surface area contributed by atoms with Crippen molar-refractivity contribution in [2.45, 2.75) is 20.3 Å².